The van der Waals surface area contributed by atoms with Crippen molar-refractivity contribution in [1.29, 1.82) is 0 Å². The second kappa shape index (κ2) is 5.89. The molecule has 2 nitrogen and oxygen atoms in total. The van der Waals surface area contributed by atoms with Gasteiger partial charge in [-0.25, -0.2) is 4.98 Å². The molecule has 1 aliphatic carbocycles. The van der Waals surface area contributed by atoms with Crippen LogP contribution in [0.2, 0.25) is 4.47 Å². The lowest BCUT2D eigenvalue weighted by molar-refractivity contribution is 0.216. The van der Waals surface area contributed by atoms with Gasteiger partial charge in [0.2, 0.25) is 0 Å². The average Bonchev–Trinajstić information content (AvgIpc) is 2.77. The number of hydrogen-bond donors (Lipinski definition) is 0. The lowest BCUT2D eigenvalue weighted by atomic mass is 9.87. The molecule has 1 aromatic rings. The molecule has 4 heteroatoms. The fourth-order valence-electron chi connectivity index (χ4n) is 3.25. The van der Waals surface area contributed by atoms with Crippen molar-refractivity contribution in [3.8, 4) is 0 Å². The van der Waals surface area contributed by atoms with E-state index in [9.17, 15) is 0 Å². The number of fused-ring (bicyclic) bond motifs is 1. The Hall–Kier alpha value is -0.120. The number of hydrogen-bond acceptors (Lipinski definition) is 3. The molecular formula is C14H21ClN2S. The van der Waals surface area contributed by atoms with Gasteiger partial charge in [-0.05, 0) is 25.3 Å². The highest BCUT2D eigenvalue weighted by molar-refractivity contribution is 7.15. The van der Waals surface area contributed by atoms with E-state index in [0.29, 0.717) is 4.47 Å². The van der Waals surface area contributed by atoms with Crippen LogP contribution in [0.25, 0.3) is 0 Å². The summed E-state index contributed by atoms with van der Waals surface area (Å²) in [6.45, 7) is 3.46. The molecule has 1 fully saturated rings. The Morgan fingerprint density at radius 2 is 2.11 bits per heavy atom. The van der Waals surface area contributed by atoms with Crippen molar-refractivity contribution in [2.24, 2.45) is 5.92 Å². The number of aromatic nitrogens is 1. The SMILES string of the molecule is Clc1nc2c(s1)CCN(CCC1CCCCC1)C2. The molecule has 0 saturated heterocycles. The third-order valence-corrected chi connectivity index (χ3v) is 5.62. The molecule has 18 heavy (non-hydrogen) atoms. The molecule has 3 rings (SSSR count). The predicted octanol–water partition coefficient (Wildman–Crippen LogP) is 4.13. The van der Waals surface area contributed by atoms with E-state index >= 15 is 0 Å². The third kappa shape index (κ3) is 3.06. The molecule has 2 aliphatic rings. The van der Waals surface area contributed by atoms with Crippen LogP contribution in [0.1, 0.15) is 49.1 Å². The zero-order chi connectivity index (χ0) is 12.4. The predicted molar refractivity (Wildman–Crippen MR) is 77.3 cm³/mol. The maximum atomic E-state index is 5.99. The summed E-state index contributed by atoms with van der Waals surface area (Å²) < 4.78 is 0.717. The standard InChI is InChI=1S/C14H21ClN2S/c15-14-16-12-10-17(9-7-13(12)18-14)8-6-11-4-2-1-3-5-11/h11H,1-10H2. The normalized spacial score (nSPS) is 22.1. The van der Waals surface area contributed by atoms with Crippen molar-refractivity contribution >= 4 is 22.9 Å². The molecule has 0 amide bonds. The summed E-state index contributed by atoms with van der Waals surface area (Å²) in [6.07, 6.45) is 9.81. The van der Waals surface area contributed by atoms with E-state index in [1.165, 1.54) is 62.2 Å². The second-order valence-corrected chi connectivity index (χ2v) is 7.32. The number of rotatable bonds is 3. The van der Waals surface area contributed by atoms with E-state index in [0.717, 1.165) is 18.9 Å². The van der Waals surface area contributed by atoms with Gasteiger partial charge in [0, 0.05) is 18.0 Å². The maximum Gasteiger partial charge on any atom is 0.184 e. The summed E-state index contributed by atoms with van der Waals surface area (Å²) >= 11 is 7.65. The monoisotopic (exact) mass is 284 g/mol. The molecule has 1 saturated carbocycles. The number of nitrogens with zero attached hydrogens (tertiary/aromatic N) is 2. The lowest BCUT2D eigenvalue weighted by Crippen LogP contribution is -2.32. The van der Waals surface area contributed by atoms with Gasteiger partial charge in [-0.3, -0.25) is 4.90 Å². The fourth-order valence-corrected chi connectivity index (χ4v) is 4.41. The highest BCUT2D eigenvalue weighted by Gasteiger charge is 2.21. The summed E-state index contributed by atoms with van der Waals surface area (Å²) in [5.41, 5.74) is 1.24. The van der Waals surface area contributed by atoms with Gasteiger partial charge in [0.15, 0.2) is 4.47 Å². The Morgan fingerprint density at radius 3 is 2.94 bits per heavy atom. The topological polar surface area (TPSA) is 16.1 Å². The first-order chi connectivity index (χ1) is 8.81. The third-order valence-electron chi connectivity index (χ3n) is 4.36. The summed E-state index contributed by atoms with van der Waals surface area (Å²) in [5.74, 6) is 0.985. The van der Waals surface area contributed by atoms with Crippen molar-refractivity contribution in [3.63, 3.8) is 0 Å². The molecule has 0 unspecified atom stereocenters. The Balaban J connectivity index is 1.50. The van der Waals surface area contributed by atoms with E-state index in [2.05, 4.69) is 9.88 Å². The minimum absolute atomic E-state index is 0.717. The van der Waals surface area contributed by atoms with Crippen LogP contribution in [0, 0.1) is 5.92 Å². The van der Waals surface area contributed by atoms with E-state index in [-0.39, 0.29) is 0 Å². The first-order valence-corrected chi connectivity index (χ1v) is 8.37. The maximum absolute atomic E-state index is 5.99. The van der Waals surface area contributed by atoms with Gasteiger partial charge in [0.1, 0.15) is 0 Å². The molecule has 2 heterocycles. The van der Waals surface area contributed by atoms with Crippen LogP contribution >= 0.6 is 22.9 Å². The van der Waals surface area contributed by atoms with Crippen LogP contribution in [0.3, 0.4) is 0 Å². The lowest BCUT2D eigenvalue weighted by Gasteiger charge is -2.29. The van der Waals surface area contributed by atoms with Gasteiger partial charge < -0.3 is 0 Å². The van der Waals surface area contributed by atoms with Gasteiger partial charge in [0.25, 0.3) is 0 Å². The van der Waals surface area contributed by atoms with Crippen LogP contribution in [0.5, 0.6) is 0 Å². The van der Waals surface area contributed by atoms with Crippen LogP contribution in [-0.4, -0.2) is 23.0 Å². The quantitative estimate of drug-likeness (QED) is 0.830. The molecular weight excluding hydrogens is 264 g/mol. The summed E-state index contributed by atoms with van der Waals surface area (Å²) in [7, 11) is 0. The van der Waals surface area contributed by atoms with E-state index in [1.54, 1.807) is 11.3 Å². The zero-order valence-corrected chi connectivity index (χ0v) is 12.4. The molecule has 100 valence electrons. The van der Waals surface area contributed by atoms with E-state index in [1.807, 2.05) is 0 Å². The van der Waals surface area contributed by atoms with Crippen molar-refractivity contribution in [1.82, 2.24) is 9.88 Å². The van der Waals surface area contributed by atoms with Gasteiger partial charge >= 0.3 is 0 Å². The van der Waals surface area contributed by atoms with Crippen LogP contribution in [-0.2, 0) is 13.0 Å². The molecule has 0 radical (unpaired) electrons. The first kappa shape index (κ1) is 12.9. The number of thiazole rings is 1. The van der Waals surface area contributed by atoms with Crippen molar-refractivity contribution in [2.75, 3.05) is 13.1 Å². The minimum atomic E-state index is 0.717. The van der Waals surface area contributed by atoms with Crippen LogP contribution in [0.4, 0.5) is 0 Å². The minimum Gasteiger partial charge on any atom is -0.297 e. The molecule has 0 aromatic carbocycles. The van der Waals surface area contributed by atoms with Crippen molar-refractivity contribution in [2.45, 2.75) is 51.5 Å². The Kier molecular flexibility index (Phi) is 4.22. The highest BCUT2D eigenvalue weighted by Crippen LogP contribution is 2.30. The largest absolute Gasteiger partial charge is 0.297 e. The summed E-state index contributed by atoms with van der Waals surface area (Å²) in [5, 5.41) is 0. The van der Waals surface area contributed by atoms with Gasteiger partial charge in [-0.1, -0.05) is 43.7 Å². The fraction of sp³-hybridized carbons (Fsp3) is 0.786. The van der Waals surface area contributed by atoms with Crippen molar-refractivity contribution in [3.05, 3.63) is 15.0 Å². The van der Waals surface area contributed by atoms with Gasteiger partial charge in [-0.2, -0.15) is 0 Å². The molecule has 1 aliphatic heterocycles. The average molecular weight is 285 g/mol. The molecule has 0 spiro atoms. The summed E-state index contributed by atoms with van der Waals surface area (Å²) in [6, 6.07) is 0. The smallest absolute Gasteiger partial charge is 0.184 e. The van der Waals surface area contributed by atoms with Crippen LogP contribution in [0.15, 0.2) is 0 Å². The summed E-state index contributed by atoms with van der Waals surface area (Å²) in [4.78, 5) is 8.41. The Morgan fingerprint density at radius 1 is 1.28 bits per heavy atom. The molecule has 0 bridgehead atoms. The molecule has 1 aromatic heterocycles. The van der Waals surface area contributed by atoms with Crippen molar-refractivity contribution < 1.29 is 0 Å². The Labute approximate surface area is 118 Å². The van der Waals surface area contributed by atoms with Gasteiger partial charge in [0.05, 0.1) is 5.69 Å². The molecule has 0 N–H and O–H groups in total. The second-order valence-electron chi connectivity index (χ2n) is 5.66. The van der Waals surface area contributed by atoms with E-state index < -0.39 is 0 Å². The van der Waals surface area contributed by atoms with E-state index in [4.69, 9.17) is 11.6 Å². The first-order valence-electron chi connectivity index (χ1n) is 7.17. The zero-order valence-electron chi connectivity index (χ0n) is 10.8. The molecule has 0 atom stereocenters. The number of halogens is 1. The van der Waals surface area contributed by atoms with Crippen LogP contribution < -0.4 is 0 Å². The highest BCUT2D eigenvalue weighted by atomic mass is 35.5. The van der Waals surface area contributed by atoms with Gasteiger partial charge in [-0.15, -0.1) is 11.3 Å². The Bertz CT molecular complexity index is 398.